The summed E-state index contributed by atoms with van der Waals surface area (Å²) in [6.45, 7) is 0. The van der Waals surface area contributed by atoms with Gasteiger partial charge in [0, 0.05) is 12.1 Å². The number of carbonyl (C=O) groups is 1. The summed E-state index contributed by atoms with van der Waals surface area (Å²) in [5.41, 5.74) is 3.70. The molecule has 0 atom stereocenters. The van der Waals surface area contributed by atoms with Crippen LogP contribution in [-0.2, 0) is 11.2 Å². The van der Waals surface area contributed by atoms with E-state index in [1.165, 1.54) is 14.2 Å². The number of rotatable bonds is 6. The third-order valence-electron chi connectivity index (χ3n) is 4.17. The summed E-state index contributed by atoms with van der Waals surface area (Å²) in [6.07, 6.45) is 0.253. The standard InChI is InChI=1S/C22H20ClNO3/c1-26-20-14-19(21(27-2)13-18(20)23)24-22(25)12-15-8-10-17(11-9-15)16-6-4-3-5-7-16/h3-11,13-14H,12H2,1-2H3,(H,24,25). The van der Waals surface area contributed by atoms with Gasteiger partial charge >= 0.3 is 0 Å². The zero-order valence-electron chi connectivity index (χ0n) is 15.2. The molecule has 4 nitrogen and oxygen atoms in total. The van der Waals surface area contributed by atoms with Crippen molar-refractivity contribution in [2.75, 3.05) is 19.5 Å². The number of halogens is 1. The second-order valence-electron chi connectivity index (χ2n) is 5.97. The summed E-state index contributed by atoms with van der Waals surface area (Å²) in [7, 11) is 3.05. The Labute approximate surface area is 163 Å². The molecule has 0 spiro atoms. The first-order valence-corrected chi connectivity index (χ1v) is 8.84. The van der Waals surface area contributed by atoms with Gasteiger partial charge in [0.2, 0.25) is 5.91 Å². The Kier molecular flexibility index (Phi) is 5.99. The molecule has 0 unspecified atom stereocenters. The first-order chi connectivity index (χ1) is 13.1. The van der Waals surface area contributed by atoms with E-state index in [2.05, 4.69) is 17.4 Å². The van der Waals surface area contributed by atoms with E-state index in [4.69, 9.17) is 21.1 Å². The van der Waals surface area contributed by atoms with E-state index >= 15 is 0 Å². The molecule has 3 aromatic rings. The second kappa shape index (κ2) is 8.60. The van der Waals surface area contributed by atoms with E-state index < -0.39 is 0 Å². The first-order valence-electron chi connectivity index (χ1n) is 8.46. The van der Waals surface area contributed by atoms with Crippen LogP contribution in [0.1, 0.15) is 5.56 Å². The maximum absolute atomic E-state index is 12.4. The van der Waals surface area contributed by atoms with E-state index in [0.29, 0.717) is 22.2 Å². The molecule has 0 saturated carbocycles. The zero-order chi connectivity index (χ0) is 19.2. The van der Waals surface area contributed by atoms with Crippen molar-refractivity contribution in [3.8, 4) is 22.6 Å². The number of anilines is 1. The molecule has 0 heterocycles. The topological polar surface area (TPSA) is 47.6 Å². The molecular weight excluding hydrogens is 362 g/mol. The number of amides is 1. The van der Waals surface area contributed by atoms with E-state index in [1.54, 1.807) is 12.1 Å². The van der Waals surface area contributed by atoms with Crippen LogP contribution in [0.2, 0.25) is 5.02 Å². The quantitative estimate of drug-likeness (QED) is 0.638. The molecule has 5 heteroatoms. The summed E-state index contributed by atoms with van der Waals surface area (Å²) >= 11 is 6.09. The van der Waals surface area contributed by atoms with E-state index in [1.807, 2.05) is 42.5 Å². The highest BCUT2D eigenvalue weighted by molar-refractivity contribution is 6.32. The highest BCUT2D eigenvalue weighted by Gasteiger charge is 2.13. The van der Waals surface area contributed by atoms with Gasteiger partial charge in [0.1, 0.15) is 11.5 Å². The first kappa shape index (κ1) is 18.8. The molecule has 27 heavy (non-hydrogen) atoms. The fourth-order valence-electron chi connectivity index (χ4n) is 2.78. The van der Waals surface area contributed by atoms with Crippen LogP contribution in [0.3, 0.4) is 0 Å². The molecule has 1 N–H and O–H groups in total. The van der Waals surface area contributed by atoms with Crippen molar-refractivity contribution in [3.63, 3.8) is 0 Å². The number of nitrogens with one attached hydrogen (secondary N) is 1. The monoisotopic (exact) mass is 381 g/mol. The summed E-state index contributed by atoms with van der Waals surface area (Å²) < 4.78 is 10.5. The van der Waals surface area contributed by atoms with Crippen LogP contribution in [0.25, 0.3) is 11.1 Å². The highest BCUT2D eigenvalue weighted by Crippen LogP contribution is 2.35. The van der Waals surface area contributed by atoms with Crippen LogP contribution in [0, 0.1) is 0 Å². The Balaban J connectivity index is 1.71. The van der Waals surface area contributed by atoms with E-state index in [9.17, 15) is 4.79 Å². The number of benzene rings is 3. The molecule has 0 bridgehead atoms. The maximum atomic E-state index is 12.4. The fourth-order valence-corrected chi connectivity index (χ4v) is 3.01. The molecule has 0 radical (unpaired) electrons. The average Bonchev–Trinajstić information content (AvgIpc) is 2.70. The molecule has 0 aliphatic rings. The molecule has 0 saturated heterocycles. The lowest BCUT2D eigenvalue weighted by atomic mass is 10.0. The van der Waals surface area contributed by atoms with Gasteiger partial charge in [0.25, 0.3) is 0 Å². The number of hydrogen-bond acceptors (Lipinski definition) is 3. The molecule has 0 aliphatic heterocycles. The SMILES string of the molecule is COc1cc(NC(=O)Cc2ccc(-c3ccccc3)cc2)c(OC)cc1Cl. The lowest BCUT2D eigenvalue weighted by Crippen LogP contribution is -2.15. The largest absolute Gasteiger partial charge is 0.495 e. The smallest absolute Gasteiger partial charge is 0.228 e. The van der Waals surface area contributed by atoms with Crippen molar-refractivity contribution in [1.29, 1.82) is 0 Å². The molecule has 138 valence electrons. The number of ether oxygens (including phenoxy) is 2. The normalized spacial score (nSPS) is 10.3. The Hall–Kier alpha value is -2.98. The molecule has 0 aliphatic carbocycles. The Morgan fingerprint density at radius 3 is 2.15 bits per heavy atom. The van der Waals surface area contributed by atoms with Gasteiger partial charge in [-0.15, -0.1) is 0 Å². The minimum Gasteiger partial charge on any atom is -0.495 e. The second-order valence-corrected chi connectivity index (χ2v) is 6.38. The van der Waals surface area contributed by atoms with E-state index in [0.717, 1.165) is 16.7 Å². The molecular formula is C22H20ClNO3. The number of hydrogen-bond donors (Lipinski definition) is 1. The Bertz CT molecular complexity index is 924. The van der Waals surface area contributed by atoms with Gasteiger partial charge in [0.15, 0.2) is 0 Å². The van der Waals surface area contributed by atoms with Gasteiger partial charge in [-0.3, -0.25) is 4.79 Å². The summed E-state index contributed by atoms with van der Waals surface area (Å²) in [6, 6.07) is 21.3. The van der Waals surface area contributed by atoms with Gasteiger partial charge < -0.3 is 14.8 Å². The molecule has 3 aromatic carbocycles. The lowest BCUT2D eigenvalue weighted by Gasteiger charge is -2.13. The van der Waals surface area contributed by atoms with Gasteiger partial charge in [-0.2, -0.15) is 0 Å². The van der Waals surface area contributed by atoms with Crippen LogP contribution in [0.4, 0.5) is 5.69 Å². The van der Waals surface area contributed by atoms with Gasteiger partial charge in [-0.05, 0) is 16.7 Å². The lowest BCUT2D eigenvalue weighted by molar-refractivity contribution is -0.115. The van der Waals surface area contributed by atoms with Crippen molar-refractivity contribution in [3.05, 3.63) is 77.3 Å². The van der Waals surface area contributed by atoms with Crippen LogP contribution in [0.15, 0.2) is 66.7 Å². The van der Waals surface area contributed by atoms with Crippen molar-refractivity contribution in [2.24, 2.45) is 0 Å². The van der Waals surface area contributed by atoms with Gasteiger partial charge in [0.05, 0.1) is 31.4 Å². The number of carbonyl (C=O) groups excluding carboxylic acids is 1. The summed E-state index contributed by atoms with van der Waals surface area (Å²) in [4.78, 5) is 12.4. The van der Waals surface area contributed by atoms with Crippen LogP contribution >= 0.6 is 11.6 Å². The third-order valence-corrected chi connectivity index (χ3v) is 4.47. The molecule has 0 aromatic heterocycles. The Morgan fingerprint density at radius 1 is 0.889 bits per heavy atom. The van der Waals surface area contributed by atoms with Gasteiger partial charge in [-0.25, -0.2) is 0 Å². The number of methoxy groups -OCH3 is 2. The Morgan fingerprint density at radius 2 is 1.52 bits per heavy atom. The highest BCUT2D eigenvalue weighted by atomic mass is 35.5. The van der Waals surface area contributed by atoms with Crippen molar-refractivity contribution >= 4 is 23.2 Å². The minimum absolute atomic E-state index is 0.148. The molecule has 0 fully saturated rings. The zero-order valence-corrected chi connectivity index (χ0v) is 15.9. The fraction of sp³-hybridized carbons (Fsp3) is 0.136. The van der Waals surface area contributed by atoms with Gasteiger partial charge in [-0.1, -0.05) is 66.2 Å². The molecule has 1 amide bonds. The predicted molar refractivity (Wildman–Crippen MR) is 109 cm³/mol. The van der Waals surface area contributed by atoms with Crippen molar-refractivity contribution < 1.29 is 14.3 Å². The van der Waals surface area contributed by atoms with Crippen LogP contribution in [-0.4, -0.2) is 20.1 Å². The average molecular weight is 382 g/mol. The van der Waals surface area contributed by atoms with E-state index in [-0.39, 0.29) is 12.3 Å². The summed E-state index contributed by atoms with van der Waals surface area (Å²) in [5.74, 6) is 0.804. The summed E-state index contributed by atoms with van der Waals surface area (Å²) in [5, 5.41) is 3.28. The van der Waals surface area contributed by atoms with Crippen LogP contribution in [0.5, 0.6) is 11.5 Å². The van der Waals surface area contributed by atoms with Crippen molar-refractivity contribution in [1.82, 2.24) is 0 Å². The van der Waals surface area contributed by atoms with Crippen molar-refractivity contribution in [2.45, 2.75) is 6.42 Å². The molecule has 3 rings (SSSR count). The predicted octanol–water partition coefficient (Wildman–Crippen LogP) is 5.21. The third kappa shape index (κ3) is 4.60. The maximum Gasteiger partial charge on any atom is 0.228 e. The minimum atomic E-state index is -0.148. The van der Waals surface area contributed by atoms with Crippen LogP contribution < -0.4 is 14.8 Å².